The van der Waals surface area contributed by atoms with Crippen LogP contribution < -0.4 is 10.1 Å². The molecule has 1 aromatic carbocycles. The van der Waals surface area contributed by atoms with E-state index in [4.69, 9.17) is 9.47 Å². The summed E-state index contributed by atoms with van der Waals surface area (Å²) in [7, 11) is -3.61. The summed E-state index contributed by atoms with van der Waals surface area (Å²) in [4.78, 5) is 11.5. The third-order valence-corrected chi connectivity index (χ3v) is 5.64. The number of nitrogens with zero attached hydrogens (tertiary/aromatic N) is 1. The number of rotatable bonds is 3. The number of hydrogen-bond donors (Lipinski definition) is 1. The van der Waals surface area contributed by atoms with Gasteiger partial charge in [0.05, 0.1) is 23.3 Å². The summed E-state index contributed by atoms with van der Waals surface area (Å²) in [5.74, 6) is 0.187. The normalized spacial score (nSPS) is 22.6. The van der Waals surface area contributed by atoms with Crippen LogP contribution in [0.2, 0.25) is 0 Å². The third-order valence-electron chi connectivity index (χ3n) is 3.78. The molecule has 1 amide bonds. The van der Waals surface area contributed by atoms with Crippen molar-refractivity contribution in [2.45, 2.75) is 24.3 Å². The van der Waals surface area contributed by atoms with Gasteiger partial charge in [0.2, 0.25) is 10.0 Å². The number of carbonyl (C=O) groups is 1. The van der Waals surface area contributed by atoms with Crippen LogP contribution in [0.5, 0.6) is 5.75 Å². The summed E-state index contributed by atoms with van der Waals surface area (Å²) < 4.78 is 37.6. The highest BCUT2D eigenvalue weighted by Gasteiger charge is 2.31. The van der Waals surface area contributed by atoms with Crippen LogP contribution >= 0.6 is 0 Å². The molecule has 2 aliphatic rings. The Balaban J connectivity index is 1.89. The first-order valence-electron chi connectivity index (χ1n) is 7.19. The number of hydrogen-bond acceptors (Lipinski definition) is 5. The maximum atomic E-state index is 12.7. The average Bonchev–Trinajstić information content (AvgIpc) is 2.54. The van der Waals surface area contributed by atoms with Crippen LogP contribution in [0.1, 0.15) is 13.3 Å². The lowest BCUT2D eigenvalue weighted by Crippen LogP contribution is -2.45. The Morgan fingerprint density at radius 1 is 1.41 bits per heavy atom. The van der Waals surface area contributed by atoms with Crippen LogP contribution in [0.4, 0.5) is 5.69 Å². The molecule has 7 nitrogen and oxygen atoms in total. The summed E-state index contributed by atoms with van der Waals surface area (Å²) in [6.07, 6.45) is 0.685. The van der Waals surface area contributed by atoms with Gasteiger partial charge >= 0.3 is 0 Å². The van der Waals surface area contributed by atoms with Crippen molar-refractivity contribution in [3.63, 3.8) is 0 Å². The van der Waals surface area contributed by atoms with Crippen molar-refractivity contribution in [1.82, 2.24) is 4.31 Å². The van der Waals surface area contributed by atoms with Crippen LogP contribution in [0, 0.1) is 0 Å². The summed E-state index contributed by atoms with van der Waals surface area (Å²) >= 11 is 0. The molecule has 0 aliphatic carbocycles. The van der Waals surface area contributed by atoms with Crippen LogP contribution in [-0.4, -0.2) is 51.0 Å². The largest absolute Gasteiger partial charge is 0.482 e. The van der Waals surface area contributed by atoms with Gasteiger partial charge in [0.25, 0.3) is 5.91 Å². The van der Waals surface area contributed by atoms with Gasteiger partial charge < -0.3 is 14.8 Å². The van der Waals surface area contributed by atoms with E-state index in [1.165, 1.54) is 16.4 Å². The Kier molecular flexibility index (Phi) is 4.07. The van der Waals surface area contributed by atoms with Gasteiger partial charge in [0.1, 0.15) is 5.75 Å². The Bertz CT molecular complexity index is 688. The first-order valence-corrected chi connectivity index (χ1v) is 8.63. The molecule has 0 unspecified atom stereocenters. The number of amides is 1. The minimum absolute atomic E-state index is 0.0548. The molecule has 8 heteroatoms. The first-order chi connectivity index (χ1) is 10.5. The van der Waals surface area contributed by atoms with Gasteiger partial charge in [-0.3, -0.25) is 4.79 Å². The Morgan fingerprint density at radius 3 is 3.00 bits per heavy atom. The zero-order valence-electron chi connectivity index (χ0n) is 12.2. The number of benzene rings is 1. The molecule has 120 valence electrons. The molecular weight excluding hydrogens is 308 g/mol. The van der Waals surface area contributed by atoms with Gasteiger partial charge in [0, 0.05) is 13.1 Å². The van der Waals surface area contributed by atoms with Crippen LogP contribution in [0.25, 0.3) is 0 Å². The van der Waals surface area contributed by atoms with E-state index in [-0.39, 0.29) is 23.5 Å². The second-order valence-electron chi connectivity index (χ2n) is 5.26. The molecule has 0 aromatic heterocycles. The number of anilines is 1. The van der Waals surface area contributed by atoms with Crippen molar-refractivity contribution in [3.05, 3.63) is 18.2 Å². The lowest BCUT2D eigenvalue weighted by atomic mass is 10.2. The molecule has 1 saturated heterocycles. The molecule has 2 heterocycles. The van der Waals surface area contributed by atoms with E-state index in [1.54, 1.807) is 6.07 Å². The Morgan fingerprint density at radius 2 is 2.23 bits per heavy atom. The van der Waals surface area contributed by atoms with Crippen LogP contribution in [0.3, 0.4) is 0 Å². The smallest absolute Gasteiger partial charge is 0.262 e. The number of nitrogens with one attached hydrogen (secondary N) is 1. The molecule has 0 radical (unpaired) electrons. The van der Waals surface area contributed by atoms with Gasteiger partial charge in [-0.2, -0.15) is 4.31 Å². The molecule has 0 saturated carbocycles. The summed E-state index contributed by atoms with van der Waals surface area (Å²) in [6.45, 7) is 2.98. The van der Waals surface area contributed by atoms with Crippen molar-refractivity contribution < 1.29 is 22.7 Å². The van der Waals surface area contributed by atoms with Gasteiger partial charge in [-0.25, -0.2) is 8.42 Å². The standard InChI is InChI=1S/C14H18N2O5S/c1-2-10-8-16(5-6-20-10)22(18,19)11-3-4-13-12(7-11)15-14(17)9-21-13/h3-4,7,10H,2,5-6,8-9H2,1H3,(H,15,17)/t10-/m1/s1. The topological polar surface area (TPSA) is 84.9 Å². The molecule has 3 rings (SSSR count). The van der Waals surface area contributed by atoms with Gasteiger partial charge in [0.15, 0.2) is 6.61 Å². The number of sulfonamides is 1. The lowest BCUT2D eigenvalue weighted by Gasteiger charge is -2.31. The van der Waals surface area contributed by atoms with Crippen molar-refractivity contribution in [2.24, 2.45) is 0 Å². The maximum absolute atomic E-state index is 12.7. The monoisotopic (exact) mass is 326 g/mol. The third kappa shape index (κ3) is 2.81. The van der Waals surface area contributed by atoms with Crippen molar-refractivity contribution >= 4 is 21.6 Å². The van der Waals surface area contributed by atoms with E-state index in [1.807, 2.05) is 6.92 Å². The van der Waals surface area contributed by atoms with Crippen molar-refractivity contribution in [1.29, 1.82) is 0 Å². The number of fused-ring (bicyclic) bond motifs is 1. The predicted molar refractivity (Wildman–Crippen MR) is 79.4 cm³/mol. The van der Waals surface area contributed by atoms with Gasteiger partial charge in [-0.15, -0.1) is 0 Å². The Labute approximate surface area is 129 Å². The van der Waals surface area contributed by atoms with Crippen molar-refractivity contribution in [3.8, 4) is 5.75 Å². The number of ether oxygens (including phenoxy) is 2. The van der Waals surface area contributed by atoms with E-state index in [0.29, 0.717) is 31.1 Å². The molecule has 1 N–H and O–H groups in total. The molecule has 1 atom stereocenters. The zero-order chi connectivity index (χ0) is 15.7. The van der Waals surface area contributed by atoms with Gasteiger partial charge in [-0.05, 0) is 24.6 Å². The second-order valence-corrected chi connectivity index (χ2v) is 7.20. The van der Waals surface area contributed by atoms with E-state index < -0.39 is 10.0 Å². The van der Waals surface area contributed by atoms with Gasteiger partial charge in [-0.1, -0.05) is 6.92 Å². The van der Waals surface area contributed by atoms with E-state index in [9.17, 15) is 13.2 Å². The quantitative estimate of drug-likeness (QED) is 0.889. The Hall–Kier alpha value is -1.64. The highest BCUT2D eigenvalue weighted by Crippen LogP contribution is 2.31. The average molecular weight is 326 g/mol. The maximum Gasteiger partial charge on any atom is 0.262 e. The zero-order valence-corrected chi connectivity index (χ0v) is 13.1. The fourth-order valence-electron chi connectivity index (χ4n) is 2.53. The molecule has 0 bridgehead atoms. The summed E-state index contributed by atoms with van der Waals surface area (Å²) in [6, 6.07) is 4.51. The summed E-state index contributed by atoms with van der Waals surface area (Å²) in [5.41, 5.74) is 0.387. The van der Waals surface area contributed by atoms with E-state index in [0.717, 1.165) is 6.42 Å². The summed E-state index contributed by atoms with van der Waals surface area (Å²) in [5, 5.41) is 2.62. The molecule has 22 heavy (non-hydrogen) atoms. The SMILES string of the molecule is CC[C@@H]1CN(S(=O)(=O)c2ccc3c(c2)NC(=O)CO3)CCO1. The minimum atomic E-state index is -3.61. The fraction of sp³-hybridized carbons (Fsp3) is 0.500. The lowest BCUT2D eigenvalue weighted by molar-refractivity contribution is -0.118. The molecule has 2 aliphatic heterocycles. The fourth-order valence-corrected chi connectivity index (χ4v) is 4.01. The highest BCUT2D eigenvalue weighted by atomic mass is 32.2. The predicted octanol–water partition coefficient (Wildman–Crippen LogP) is 0.817. The number of carbonyl (C=O) groups excluding carboxylic acids is 1. The van der Waals surface area contributed by atoms with Crippen LogP contribution in [0.15, 0.2) is 23.1 Å². The van der Waals surface area contributed by atoms with Crippen molar-refractivity contribution in [2.75, 3.05) is 31.6 Å². The highest BCUT2D eigenvalue weighted by molar-refractivity contribution is 7.89. The van der Waals surface area contributed by atoms with E-state index in [2.05, 4.69) is 5.32 Å². The number of morpholine rings is 1. The van der Waals surface area contributed by atoms with E-state index >= 15 is 0 Å². The molecule has 1 fully saturated rings. The minimum Gasteiger partial charge on any atom is -0.482 e. The second kappa shape index (κ2) is 5.86. The first kappa shape index (κ1) is 15.3. The molecule has 0 spiro atoms. The molecular formula is C14H18N2O5S. The van der Waals surface area contributed by atoms with Crippen LogP contribution in [-0.2, 0) is 19.6 Å². The molecule has 1 aromatic rings.